The zero-order chi connectivity index (χ0) is 24.9. The first-order valence-electron chi connectivity index (χ1n) is 11.1. The average Bonchev–Trinajstić information content (AvgIpc) is 3.63. The molecule has 5 N–H and O–H groups in total. The van der Waals surface area contributed by atoms with Crippen molar-refractivity contribution in [2.75, 3.05) is 24.4 Å². The molecule has 11 heteroatoms. The molecule has 2 aromatic heterocycles. The van der Waals surface area contributed by atoms with Gasteiger partial charge in [0.2, 0.25) is 0 Å². The third kappa shape index (κ3) is 4.76. The van der Waals surface area contributed by atoms with Crippen molar-refractivity contribution in [3.63, 3.8) is 0 Å². The van der Waals surface area contributed by atoms with Crippen LogP contribution in [0.25, 0.3) is 10.9 Å². The number of oxazole rings is 1. The molecule has 1 aliphatic rings. The van der Waals surface area contributed by atoms with E-state index < -0.39 is 0 Å². The van der Waals surface area contributed by atoms with Crippen LogP contribution >= 0.6 is 11.6 Å². The summed E-state index contributed by atoms with van der Waals surface area (Å²) in [5, 5.41) is 18.0. The van der Waals surface area contributed by atoms with Gasteiger partial charge in [0, 0.05) is 30.6 Å². The Balaban J connectivity index is 1.58. The Hall–Kier alpha value is -4.30. The van der Waals surface area contributed by atoms with Gasteiger partial charge in [-0.05, 0) is 17.7 Å². The first kappa shape index (κ1) is 23.4. The summed E-state index contributed by atoms with van der Waals surface area (Å²) in [4.78, 5) is 8.76. The van der Waals surface area contributed by atoms with E-state index in [1.807, 2.05) is 36.4 Å². The molecule has 0 bridgehead atoms. The van der Waals surface area contributed by atoms with E-state index in [-0.39, 0.29) is 12.1 Å². The van der Waals surface area contributed by atoms with Gasteiger partial charge >= 0.3 is 0 Å². The molecule has 2 atom stereocenters. The summed E-state index contributed by atoms with van der Waals surface area (Å²) < 4.78 is 10.7. The number of hydrogen-bond donors (Lipinski definition) is 5. The highest BCUT2D eigenvalue weighted by Gasteiger charge is 2.23. The number of nitriles is 1. The maximum atomic E-state index is 9.89. The second kappa shape index (κ2) is 10.5. The molecule has 5 rings (SSSR count). The molecule has 3 heterocycles. The van der Waals surface area contributed by atoms with Crippen LogP contribution in [-0.4, -0.2) is 23.7 Å². The Labute approximate surface area is 212 Å². The summed E-state index contributed by atoms with van der Waals surface area (Å²) >= 11 is 6.69. The minimum Gasteiger partial charge on any atom is -0.451 e. The van der Waals surface area contributed by atoms with Crippen LogP contribution in [0.5, 0.6) is 0 Å². The fraction of sp³-hybridized carbons (Fsp3) is 0.160. The Morgan fingerprint density at radius 1 is 1.19 bits per heavy atom. The smallest absolute Gasteiger partial charge is 0.180 e. The predicted molar refractivity (Wildman–Crippen MR) is 137 cm³/mol. The lowest BCUT2D eigenvalue weighted by Gasteiger charge is -2.23. The lowest BCUT2D eigenvalue weighted by Crippen LogP contribution is -2.34. The predicted octanol–water partition coefficient (Wildman–Crippen LogP) is 4.15. The fourth-order valence-corrected chi connectivity index (χ4v) is 4.35. The molecule has 36 heavy (non-hydrogen) atoms. The number of nitrogens with zero attached hydrogens (tertiary/aromatic N) is 3. The molecule has 0 unspecified atom stereocenters. The number of hydrogen-bond acceptors (Lipinski definition) is 10. The molecule has 0 radical (unpaired) electrons. The first-order valence-corrected chi connectivity index (χ1v) is 11.5. The van der Waals surface area contributed by atoms with E-state index in [4.69, 9.17) is 20.8 Å². The Bertz CT molecular complexity index is 1420. The number of pyridine rings is 1. The maximum absolute atomic E-state index is 9.89. The molecule has 1 aliphatic heterocycles. The van der Waals surface area contributed by atoms with E-state index in [1.165, 1.54) is 12.6 Å². The van der Waals surface area contributed by atoms with Crippen LogP contribution in [0.3, 0.4) is 0 Å². The van der Waals surface area contributed by atoms with Gasteiger partial charge in [0.25, 0.3) is 0 Å². The highest BCUT2D eigenvalue weighted by atomic mass is 35.5. The van der Waals surface area contributed by atoms with Crippen molar-refractivity contribution in [2.45, 2.75) is 12.1 Å². The van der Waals surface area contributed by atoms with Gasteiger partial charge < -0.3 is 30.6 Å². The quantitative estimate of drug-likeness (QED) is 0.227. The zero-order valence-electron chi connectivity index (χ0n) is 19.2. The fourth-order valence-electron chi connectivity index (χ4n) is 4.09. The molecular formula is C25H23ClN8O2. The first-order chi connectivity index (χ1) is 17.7. The minimum absolute atomic E-state index is 0.197. The molecular weight excluding hydrogens is 480 g/mol. The molecule has 4 aromatic rings. The highest BCUT2D eigenvalue weighted by Crippen LogP contribution is 2.36. The van der Waals surface area contributed by atoms with E-state index in [9.17, 15) is 5.26 Å². The Morgan fingerprint density at radius 3 is 2.75 bits per heavy atom. The van der Waals surface area contributed by atoms with Crippen molar-refractivity contribution < 1.29 is 9.15 Å². The molecule has 2 aromatic carbocycles. The molecule has 0 aliphatic carbocycles. The van der Waals surface area contributed by atoms with Crippen LogP contribution < -0.4 is 27.0 Å². The normalized spacial score (nSPS) is 14.3. The van der Waals surface area contributed by atoms with Gasteiger partial charge in [0.05, 0.1) is 40.1 Å². The van der Waals surface area contributed by atoms with Gasteiger partial charge in [-0.1, -0.05) is 41.9 Å². The van der Waals surface area contributed by atoms with E-state index >= 15 is 0 Å². The van der Waals surface area contributed by atoms with E-state index in [0.717, 1.165) is 11.3 Å². The summed E-state index contributed by atoms with van der Waals surface area (Å²) in [5.74, 6) is 0. The van der Waals surface area contributed by atoms with Gasteiger partial charge in [0.15, 0.2) is 6.39 Å². The van der Waals surface area contributed by atoms with Crippen LogP contribution in [0, 0.1) is 11.3 Å². The summed E-state index contributed by atoms with van der Waals surface area (Å²) in [6, 6.07) is 15.3. The molecule has 0 saturated carbocycles. The van der Waals surface area contributed by atoms with Crippen molar-refractivity contribution in [1.29, 1.82) is 5.26 Å². The van der Waals surface area contributed by atoms with Crippen LogP contribution in [0.15, 0.2) is 77.6 Å². The summed E-state index contributed by atoms with van der Waals surface area (Å²) in [5.41, 5.74) is 13.6. The standard InChI is InChI=1S/C25H23ClN8O2/c1-35-12-21(15-5-3-2-4-6-15)32-23-16(9-27)10-28-24-18(23)7-17(8-19(24)26)31-25(20-11-30-34-33-20)22-13-36-14-29-22/h2-8,10-11,13-14,21,25,30-31,33-34H,12H2,1H3,(H,28,32)/t21-,25+/m0/s1. The monoisotopic (exact) mass is 502 g/mol. The number of nitrogens with one attached hydrogen (secondary N) is 5. The average molecular weight is 503 g/mol. The summed E-state index contributed by atoms with van der Waals surface area (Å²) in [7, 11) is 1.64. The SMILES string of the molecule is COC[C@H](Nc1c(C#N)cnc2c(Cl)cc(N[C@H](C3=CNNN3)c3cocn3)cc12)c1ccccc1. The largest absolute Gasteiger partial charge is 0.451 e. The minimum atomic E-state index is -0.367. The number of fused-ring (bicyclic) bond motifs is 1. The van der Waals surface area contributed by atoms with Crippen LogP contribution in [-0.2, 0) is 4.74 Å². The van der Waals surface area contributed by atoms with E-state index in [0.29, 0.717) is 45.2 Å². The van der Waals surface area contributed by atoms with Crippen molar-refractivity contribution in [1.82, 2.24) is 26.4 Å². The molecule has 0 spiro atoms. The number of methoxy groups -OCH3 is 1. The number of anilines is 2. The molecule has 182 valence electrons. The van der Waals surface area contributed by atoms with Crippen molar-refractivity contribution in [3.8, 4) is 6.07 Å². The third-order valence-electron chi connectivity index (χ3n) is 5.77. The van der Waals surface area contributed by atoms with Crippen LogP contribution in [0.2, 0.25) is 5.02 Å². The molecule has 0 amide bonds. The number of halogens is 1. The summed E-state index contributed by atoms with van der Waals surface area (Å²) in [6.07, 6.45) is 6.25. The highest BCUT2D eigenvalue weighted by molar-refractivity contribution is 6.35. The molecule has 10 nitrogen and oxygen atoms in total. The lowest BCUT2D eigenvalue weighted by atomic mass is 10.0. The number of hydrazine groups is 2. The topological polar surface area (TPSA) is 132 Å². The number of benzene rings is 2. The number of rotatable bonds is 9. The van der Waals surface area contributed by atoms with Gasteiger partial charge in [-0.2, -0.15) is 10.8 Å². The third-order valence-corrected chi connectivity index (χ3v) is 6.06. The number of aromatic nitrogens is 2. The van der Waals surface area contributed by atoms with Gasteiger partial charge in [0.1, 0.15) is 24.1 Å². The summed E-state index contributed by atoms with van der Waals surface area (Å²) in [6.45, 7) is 0.401. The van der Waals surface area contributed by atoms with Crippen LogP contribution in [0.1, 0.15) is 28.9 Å². The van der Waals surface area contributed by atoms with Crippen molar-refractivity contribution in [3.05, 3.63) is 95.1 Å². The van der Waals surface area contributed by atoms with Gasteiger partial charge in [-0.15, -0.1) is 0 Å². The van der Waals surface area contributed by atoms with E-state index in [1.54, 1.807) is 25.6 Å². The molecule has 0 saturated heterocycles. The Kier molecular flexibility index (Phi) is 6.86. The van der Waals surface area contributed by atoms with Crippen molar-refractivity contribution in [2.24, 2.45) is 0 Å². The lowest BCUT2D eigenvalue weighted by molar-refractivity contribution is 0.186. The van der Waals surface area contributed by atoms with Gasteiger partial charge in [-0.25, -0.2) is 4.98 Å². The zero-order valence-corrected chi connectivity index (χ0v) is 20.0. The van der Waals surface area contributed by atoms with Gasteiger partial charge in [-0.3, -0.25) is 4.98 Å². The second-order valence-electron chi connectivity index (χ2n) is 8.06. The Morgan fingerprint density at radius 2 is 2.06 bits per heavy atom. The number of ether oxygens (including phenoxy) is 1. The molecule has 0 fully saturated rings. The maximum Gasteiger partial charge on any atom is 0.180 e. The van der Waals surface area contributed by atoms with E-state index in [2.05, 4.69) is 43.1 Å². The second-order valence-corrected chi connectivity index (χ2v) is 8.47. The van der Waals surface area contributed by atoms with Crippen LogP contribution in [0.4, 0.5) is 11.4 Å². The van der Waals surface area contributed by atoms with Crippen molar-refractivity contribution >= 4 is 33.9 Å².